The Morgan fingerprint density at radius 1 is 0.880 bits per heavy atom. The van der Waals surface area contributed by atoms with Crippen LogP contribution in [0.25, 0.3) is 0 Å². The van der Waals surface area contributed by atoms with E-state index >= 15 is 0 Å². The predicted octanol–water partition coefficient (Wildman–Crippen LogP) is 7.85. The largest absolute Gasteiger partial charge is 0.0928 e. The van der Waals surface area contributed by atoms with Gasteiger partial charge in [0.15, 0.2) is 0 Å². The molecule has 0 aromatic rings. The quantitative estimate of drug-likeness (QED) is 0.415. The molecule has 4 fully saturated rings. The van der Waals surface area contributed by atoms with Crippen LogP contribution in [-0.4, -0.2) is 5.33 Å². The highest BCUT2D eigenvalue weighted by molar-refractivity contribution is 9.09. The number of fused-ring (bicyclic) bond motifs is 5. The van der Waals surface area contributed by atoms with E-state index in [1.54, 1.807) is 44.9 Å². The first-order valence-electron chi connectivity index (χ1n) is 11.6. The molecule has 4 aliphatic carbocycles. The first kappa shape index (κ1) is 18.8. The van der Waals surface area contributed by atoms with Gasteiger partial charge in [-0.3, -0.25) is 0 Å². The van der Waals surface area contributed by atoms with Crippen LogP contribution in [0, 0.1) is 46.3 Å². The van der Waals surface area contributed by atoms with E-state index in [9.17, 15) is 0 Å². The summed E-state index contributed by atoms with van der Waals surface area (Å²) in [6.45, 7) is 8.03. The standard InChI is InChI=1S/C24H41Br/c1-17(7-6-16-25)20-11-12-21-19-10-9-18-8-4-5-14-23(18,2)22(19)13-15-24(20,21)3/h17-22H,4-16H2,1-3H3/t17-,18?,19?,20?,21?,22?,23?,24?/m1/s1. The van der Waals surface area contributed by atoms with Crippen LogP contribution in [0.4, 0.5) is 0 Å². The van der Waals surface area contributed by atoms with Crippen LogP contribution in [0.15, 0.2) is 0 Å². The van der Waals surface area contributed by atoms with Crippen LogP contribution in [0.5, 0.6) is 0 Å². The fourth-order valence-corrected chi connectivity index (χ4v) is 9.19. The molecule has 25 heavy (non-hydrogen) atoms. The Hall–Kier alpha value is 0.480. The van der Waals surface area contributed by atoms with E-state index < -0.39 is 0 Å². The van der Waals surface area contributed by atoms with Gasteiger partial charge in [-0.2, -0.15) is 0 Å². The van der Waals surface area contributed by atoms with E-state index in [4.69, 9.17) is 0 Å². The molecular weight excluding hydrogens is 368 g/mol. The fraction of sp³-hybridized carbons (Fsp3) is 1.00. The van der Waals surface area contributed by atoms with Crippen molar-refractivity contribution in [3.63, 3.8) is 0 Å². The molecule has 0 radical (unpaired) electrons. The molecule has 4 rings (SSSR count). The molecule has 8 atom stereocenters. The van der Waals surface area contributed by atoms with Crippen molar-refractivity contribution in [2.45, 2.75) is 97.8 Å². The lowest BCUT2D eigenvalue weighted by Crippen LogP contribution is -2.53. The number of hydrogen-bond donors (Lipinski definition) is 0. The van der Waals surface area contributed by atoms with Crippen molar-refractivity contribution in [3.05, 3.63) is 0 Å². The van der Waals surface area contributed by atoms with Crippen LogP contribution in [0.1, 0.15) is 97.8 Å². The predicted molar refractivity (Wildman–Crippen MR) is 112 cm³/mol. The average molecular weight is 409 g/mol. The minimum Gasteiger partial charge on any atom is -0.0928 e. The SMILES string of the molecule is C[C@H](CCCBr)C1CCC2C3CCC4CCCCC4(C)C3CCC21C. The molecule has 0 heterocycles. The number of alkyl halides is 1. The van der Waals surface area contributed by atoms with Gasteiger partial charge >= 0.3 is 0 Å². The highest BCUT2D eigenvalue weighted by Gasteiger charge is 2.59. The molecule has 0 nitrogen and oxygen atoms in total. The highest BCUT2D eigenvalue weighted by atomic mass is 79.9. The van der Waals surface area contributed by atoms with E-state index in [2.05, 4.69) is 36.7 Å². The van der Waals surface area contributed by atoms with Crippen molar-refractivity contribution < 1.29 is 0 Å². The Labute approximate surface area is 165 Å². The lowest BCUT2D eigenvalue weighted by atomic mass is 9.44. The first-order chi connectivity index (χ1) is 12.0. The zero-order chi connectivity index (χ0) is 17.7. The molecule has 4 saturated carbocycles. The van der Waals surface area contributed by atoms with Gasteiger partial charge in [0.25, 0.3) is 0 Å². The number of hydrogen-bond acceptors (Lipinski definition) is 0. The van der Waals surface area contributed by atoms with Gasteiger partial charge in [0, 0.05) is 5.33 Å². The highest BCUT2D eigenvalue weighted by Crippen LogP contribution is 2.68. The summed E-state index contributed by atoms with van der Waals surface area (Å²) in [4.78, 5) is 0. The molecule has 0 N–H and O–H groups in total. The van der Waals surface area contributed by atoms with Gasteiger partial charge in [-0.25, -0.2) is 0 Å². The molecule has 0 spiro atoms. The van der Waals surface area contributed by atoms with Crippen LogP contribution < -0.4 is 0 Å². The Kier molecular flexibility index (Phi) is 5.38. The van der Waals surface area contributed by atoms with Gasteiger partial charge in [-0.05, 0) is 111 Å². The summed E-state index contributed by atoms with van der Waals surface area (Å²) >= 11 is 3.65. The van der Waals surface area contributed by atoms with E-state index in [-0.39, 0.29) is 0 Å². The summed E-state index contributed by atoms with van der Waals surface area (Å²) in [5, 5.41) is 1.19. The molecule has 0 saturated heterocycles. The molecule has 0 aliphatic heterocycles. The molecule has 1 heteroatoms. The van der Waals surface area contributed by atoms with Gasteiger partial charge in [-0.1, -0.05) is 49.5 Å². The molecule has 4 aliphatic rings. The Morgan fingerprint density at radius 3 is 2.48 bits per heavy atom. The zero-order valence-corrected chi connectivity index (χ0v) is 18.6. The third-order valence-electron chi connectivity index (χ3n) is 10.1. The molecule has 0 amide bonds. The monoisotopic (exact) mass is 408 g/mol. The maximum absolute atomic E-state index is 3.65. The van der Waals surface area contributed by atoms with Crippen LogP contribution in [0.3, 0.4) is 0 Å². The van der Waals surface area contributed by atoms with Crippen molar-refractivity contribution >= 4 is 15.9 Å². The first-order valence-corrected chi connectivity index (χ1v) is 12.7. The summed E-state index contributed by atoms with van der Waals surface area (Å²) in [6, 6.07) is 0. The maximum atomic E-state index is 3.65. The average Bonchev–Trinajstić information content (AvgIpc) is 2.96. The maximum Gasteiger partial charge on any atom is 0.00314 e. The van der Waals surface area contributed by atoms with Crippen molar-refractivity contribution in [1.82, 2.24) is 0 Å². The molecular formula is C24H41Br. The second-order valence-corrected chi connectivity index (χ2v) is 11.7. The van der Waals surface area contributed by atoms with Crippen LogP contribution >= 0.6 is 15.9 Å². The normalized spacial score (nSPS) is 50.6. The van der Waals surface area contributed by atoms with Gasteiger partial charge in [0.1, 0.15) is 0 Å². The lowest BCUT2D eigenvalue weighted by Gasteiger charge is -2.61. The topological polar surface area (TPSA) is 0 Å². The minimum absolute atomic E-state index is 0.671. The smallest absolute Gasteiger partial charge is 0.00314 e. The number of rotatable bonds is 4. The third-order valence-corrected chi connectivity index (χ3v) is 10.7. The number of halogens is 1. The summed E-state index contributed by atoms with van der Waals surface area (Å²) in [7, 11) is 0. The lowest BCUT2D eigenvalue weighted by molar-refractivity contribution is -0.114. The van der Waals surface area contributed by atoms with Gasteiger partial charge < -0.3 is 0 Å². The molecule has 144 valence electrons. The summed E-state index contributed by atoms with van der Waals surface area (Å²) in [6.07, 6.45) is 18.3. The zero-order valence-electron chi connectivity index (χ0n) is 17.0. The second-order valence-electron chi connectivity index (χ2n) is 10.9. The van der Waals surface area contributed by atoms with Crippen molar-refractivity contribution in [2.24, 2.45) is 46.3 Å². The van der Waals surface area contributed by atoms with Gasteiger partial charge in [0.05, 0.1) is 0 Å². The Morgan fingerprint density at radius 2 is 1.68 bits per heavy atom. The molecule has 0 aromatic heterocycles. The summed E-state index contributed by atoms with van der Waals surface area (Å²) in [5.74, 6) is 6.22. The summed E-state index contributed by atoms with van der Waals surface area (Å²) < 4.78 is 0. The van der Waals surface area contributed by atoms with E-state index in [1.165, 1.54) is 37.4 Å². The van der Waals surface area contributed by atoms with E-state index in [1.807, 2.05) is 0 Å². The van der Waals surface area contributed by atoms with Gasteiger partial charge in [0.2, 0.25) is 0 Å². The molecule has 7 unspecified atom stereocenters. The Bertz CT molecular complexity index is 473. The third kappa shape index (κ3) is 2.98. The second kappa shape index (κ2) is 7.14. The Balaban J connectivity index is 1.53. The van der Waals surface area contributed by atoms with Crippen LogP contribution in [-0.2, 0) is 0 Å². The van der Waals surface area contributed by atoms with Gasteiger partial charge in [-0.15, -0.1) is 0 Å². The molecule has 0 bridgehead atoms. The van der Waals surface area contributed by atoms with Crippen molar-refractivity contribution in [3.8, 4) is 0 Å². The van der Waals surface area contributed by atoms with Crippen molar-refractivity contribution in [1.29, 1.82) is 0 Å². The summed E-state index contributed by atoms with van der Waals surface area (Å²) in [5.41, 5.74) is 1.38. The minimum atomic E-state index is 0.671. The van der Waals surface area contributed by atoms with E-state index in [0.717, 1.165) is 35.5 Å². The van der Waals surface area contributed by atoms with E-state index in [0.29, 0.717) is 10.8 Å². The molecule has 0 aromatic carbocycles. The van der Waals surface area contributed by atoms with Crippen molar-refractivity contribution in [2.75, 3.05) is 5.33 Å². The fourth-order valence-electron chi connectivity index (χ4n) is 8.87. The van der Waals surface area contributed by atoms with Crippen LogP contribution in [0.2, 0.25) is 0 Å².